The summed E-state index contributed by atoms with van der Waals surface area (Å²) in [5, 5.41) is 24.7. The van der Waals surface area contributed by atoms with Crippen LogP contribution in [0.5, 0.6) is 0 Å². The molecule has 0 aromatic heterocycles. The molecule has 3 unspecified atom stereocenters. The van der Waals surface area contributed by atoms with Crippen LogP contribution in [0.15, 0.2) is 0 Å². The summed E-state index contributed by atoms with van der Waals surface area (Å²) in [6.45, 7) is 0.173. The Kier molecular flexibility index (Phi) is 15.4. The number of nitrogens with one attached hydrogen (secondary N) is 3. The average Bonchev–Trinajstić information content (AvgIpc) is 2.73. The zero-order chi connectivity index (χ0) is 24.5. The van der Waals surface area contributed by atoms with Crippen LogP contribution < -0.4 is 33.2 Å². The molecule has 13 nitrogen and oxygen atoms in total. The molecule has 32 heavy (non-hydrogen) atoms. The largest absolute Gasteiger partial charge is 0.481 e. The molecule has 0 aromatic rings. The predicted octanol–water partition coefficient (Wildman–Crippen LogP) is -2.39. The Morgan fingerprint density at radius 1 is 0.688 bits per heavy atom. The molecule has 0 heterocycles. The van der Waals surface area contributed by atoms with Gasteiger partial charge in [-0.3, -0.25) is 24.0 Å². The topological polar surface area (TPSA) is 240 Å². The fourth-order valence-electron chi connectivity index (χ4n) is 2.77. The molecule has 11 N–H and O–H groups in total. The minimum Gasteiger partial charge on any atom is -0.481 e. The zero-order valence-corrected chi connectivity index (χ0v) is 18.2. The predicted molar refractivity (Wildman–Crippen MR) is 115 cm³/mol. The molecule has 0 aliphatic rings. The van der Waals surface area contributed by atoms with Crippen LogP contribution >= 0.6 is 0 Å². The first-order chi connectivity index (χ1) is 15.1. The lowest BCUT2D eigenvalue weighted by molar-refractivity contribution is -0.140. The molecule has 0 spiro atoms. The summed E-state index contributed by atoms with van der Waals surface area (Å²) in [5.41, 5.74) is 16.8. The maximum absolute atomic E-state index is 12.8. The van der Waals surface area contributed by atoms with Crippen LogP contribution in [0, 0.1) is 0 Å². The summed E-state index contributed by atoms with van der Waals surface area (Å²) < 4.78 is 0. The molecule has 0 radical (unpaired) electrons. The fourth-order valence-corrected chi connectivity index (χ4v) is 2.77. The van der Waals surface area contributed by atoms with Crippen molar-refractivity contribution in [3.05, 3.63) is 0 Å². The summed E-state index contributed by atoms with van der Waals surface area (Å²) in [7, 11) is 0. The lowest BCUT2D eigenvalue weighted by atomic mass is 10.0. The van der Waals surface area contributed by atoms with Gasteiger partial charge in [0.2, 0.25) is 17.7 Å². The smallest absolute Gasteiger partial charge is 0.322 e. The van der Waals surface area contributed by atoms with E-state index in [1.807, 2.05) is 0 Å². The van der Waals surface area contributed by atoms with E-state index >= 15 is 0 Å². The number of nitrogens with two attached hydrogens (primary N) is 3. The molecule has 13 heteroatoms. The van der Waals surface area contributed by atoms with Crippen LogP contribution in [0.4, 0.5) is 0 Å². The van der Waals surface area contributed by atoms with Crippen molar-refractivity contribution < 1.29 is 34.2 Å². The minimum absolute atomic E-state index is 0.229. The first-order valence-electron chi connectivity index (χ1n) is 10.6. The number of unbranched alkanes of at least 4 members (excludes halogenated alkanes) is 2. The molecule has 3 amide bonds. The Morgan fingerprint density at radius 3 is 1.75 bits per heavy atom. The van der Waals surface area contributed by atoms with Gasteiger partial charge in [0.15, 0.2) is 0 Å². The second kappa shape index (κ2) is 16.9. The Labute approximate surface area is 186 Å². The van der Waals surface area contributed by atoms with Gasteiger partial charge in [0.25, 0.3) is 0 Å². The number of hydrogen-bond donors (Lipinski definition) is 8. The SMILES string of the molecule is NCCCCC(N)C(=O)NC(CCCCN)C(=O)NC(CCC(=O)O)C(=O)NCC(=O)O. The van der Waals surface area contributed by atoms with Gasteiger partial charge in [-0.2, -0.15) is 0 Å². The molecular formula is C19H36N6O7. The highest BCUT2D eigenvalue weighted by atomic mass is 16.4. The summed E-state index contributed by atoms with van der Waals surface area (Å²) in [4.78, 5) is 59.0. The van der Waals surface area contributed by atoms with E-state index in [1.54, 1.807) is 0 Å². The zero-order valence-electron chi connectivity index (χ0n) is 18.2. The number of carboxylic acids is 2. The van der Waals surface area contributed by atoms with E-state index in [9.17, 15) is 24.0 Å². The van der Waals surface area contributed by atoms with Crippen LogP contribution in [-0.2, 0) is 24.0 Å². The average molecular weight is 461 g/mol. The van der Waals surface area contributed by atoms with Crippen LogP contribution in [0.1, 0.15) is 51.4 Å². The fraction of sp³-hybridized carbons (Fsp3) is 0.737. The number of aliphatic carboxylic acids is 2. The first kappa shape index (κ1) is 29.2. The van der Waals surface area contributed by atoms with Crippen LogP contribution in [0.25, 0.3) is 0 Å². The van der Waals surface area contributed by atoms with Crippen LogP contribution in [0.3, 0.4) is 0 Å². The normalized spacial score (nSPS) is 13.5. The van der Waals surface area contributed by atoms with Crippen molar-refractivity contribution >= 4 is 29.7 Å². The Bertz CT molecular complexity index is 631. The Hall–Kier alpha value is -2.77. The minimum atomic E-state index is -1.29. The molecule has 3 atom stereocenters. The standard InChI is InChI=1S/C19H36N6O7/c20-9-3-1-5-12(22)17(30)24-13(6-2-4-10-21)19(32)25-14(7-8-15(26)27)18(31)23-11-16(28)29/h12-14H,1-11,20-22H2,(H,23,31)(H,24,30)(H,25,32)(H,26,27)(H,28,29). The second-order valence-electron chi connectivity index (χ2n) is 7.34. The van der Waals surface area contributed by atoms with E-state index in [0.717, 1.165) is 0 Å². The van der Waals surface area contributed by atoms with E-state index in [4.69, 9.17) is 27.4 Å². The Morgan fingerprint density at radius 2 is 1.22 bits per heavy atom. The number of hydrogen-bond acceptors (Lipinski definition) is 8. The van der Waals surface area contributed by atoms with Gasteiger partial charge in [-0.1, -0.05) is 6.42 Å². The molecule has 0 rings (SSSR count). The highest BCUT2D eigenvalue weighted by Gasteiger charge is 2.28. The third-order valence-electron chi connectivity index (χ3n) is 4.58. The summed E-state index contributed by atoms with van der Waals surface area (Å²) in [6, 6.07) is -3.15. The quantitative estimate of drug-likeness (QED) is 0.101. The number of rotatable bonds is 18. The van der Waals surface area contributed by atoms with E-state index in [-0.39, 0.29) is 12.8 Å². The molecular weight excluding hydrogens is 424 g/mol. The van der Waals surface area contributed by atoms with Crippen LogP contribution in [-0.4, -0.2) is 77.6 Å². The maximum Gasteiger partial charge on any atom is 0.322 e. The lowest BCUT2D eigenvalue weighted by Gasteiger charge is -2.24. The summed E-state index contributed by atoms with van der Waals surface area (Å²) in [5.74, 6) is -4.56. The molecule has 184 valence electrons. The van der Waals surface area contributed by atoms with Crippen molar-refractivity contribution in [2.75, 3.05) is 19.6 Å². The van der Waals surface area contributed by atoms with Gasteiger partial charge < -0.3 is 43.4 Å². The lowest BCUT2D eigenvalue weighted by Crippen LogP contribution is -2.56. The third-order valence-corrected chi connectivity index (χ3v) is 4.58. The molecule has 0 aliphatic carbocycles. The molecule has 0 aromatic carbocycles. The number of carboxylic acid groups (broad SMARTS) is 2. The van der Waals surface area contributed by atoms with E-state index in [0.29, 0.717) is 45.2 Å². The van der Waals surface area contributed by atoms with Crippen LogP contribution in [0.2, 0.25) is 0 Å². The van der Waals surface area contributed by atoms with Gasteiger partial charge >= 0.3 is 11.9 Å². The number of carbonyl (C=O) groups excluding carboxylic acids is 3. The van der Waals surface area contributed by atoms with E-state index < -0.39 is 60.8 Å². The van der Waals surface area contributed by atoms with Crippen molar-refractivity contribution in [2.24, 2.45) is 17.2 Å². The molecule has 0 bridgehead atoms. The number of amides is 3. The number of carbonyl (C=O) groups is 5. The van der Waals surface area contributed by atoms with E-state index in [1.165, 1.54) is 0 Å². The van der Waals surface area contributed by atoms with Crippen molar-refractivity contribution in [2.45, 2.75) is 69.5 Å². The van der Waals surface area contributed by atoms with Crippen molar-refractivity contribution in [1.82, 2.24) is 16.0 Å². The van der Waals surface area contributed by atoms with Gasteiger partial charge in [0.05, 0.1) is 6.04 Å². The molecule has 0 saturated carbocycles. The molecule has 0 aliphatic heterocycles. The Balaban J connectivity index is 5.22. The highest BCUT2D eigenvalue weighted by molar-refractivity contribution is 5.93. The van der Waals surface area contributed by atoms with Gasteiger partial charge in [-0.15, -0.1) is 0 Å². The van der Waals surface area contributed by atoms with Crippen molar-refractivity contribution in [3.63, 3.8) is 0 Å². The monoisotopic (exact) mass is 460 g/mol. The van der Waals surface area contributed by atoms with Gasteiger partial charge in [-0.05, 0) is 51.6 Å². The maximum atomic E-state index is 12.8. The molecule has 0 saturated heterocycles. The van der Waals surface area contributed by atoms with Crippen molar-refractivity contribution in [1.29, 1.82) is 0 Å². The van der Waals surface area contributed by atoms with Gasteiger partial charge in [-0.25, -0.2) is 0 Å². The van der Waals surface area contributed by atoms with Gasteiger partial charge in [0.1, 0.15) is 18.6 Å². The highest BCUT2D eigenvalue weighted by Crippen LogP contribution is 2.06. The third kappa shape index (κ3) is 13.5. The van der Waals surface area contributed by atoms with Crippen molar-refractivity contribution in [3.8, 4) is 0 Å². The second-order valence-corrected chi connectivity index (χ2v) is 7.34. The first-order valence-corrected chi connectivity index (χ1v) is 10.6. The van der Waals surface area contributed by atoms with E-state index in [2.05, 4.69) is 16.0 Å². The molecule has 0 fully saturated rings. The summed E-state index contributed by atoms with van der Waals surface area (Å²) >= 11 is 0. The van der Waals surface area contributed by atoms with Gasteiger partial charge in [0, 0.05) is 6.42 Å². The summed E-state index contributed by atoms with van der Waals surface area (Å²) in [6.07, 6.45) is 2.40.